The average molecular weight is 469 g/mol. The van der Waals surface area contributed by atoms with E-state index in [0.29, 0.717) is 17.2 Å². The molecule has 0 spiro atoms. The number of piperidine rings is 1. The van der Waals surface area contributed by atoms with Crippen LogP contribution in [0, 0.1) is 12.3 Å². The molecule has 1 fully saturated rings. The fraction of sp³-hybridized carbons (Fsp3) is 0.400. The Morgan fingerprint density at radius 3 is 2.58 bits per heavy atom. The minimum absolute atomic E-state index is 0.126. The molecule has 7 nitrogen and oxygen atoms in total. The highest BCUT2D eigenvalue weighted by atomic mass is 35.5. The molecule has 3 heterocycles. The SMILES string of the molecule is Cc1cc([C@@H](C)Nc2ccccc2C(=O)O)c2nc(N3CCC(C)(C)CC3)c(Cl)c(=O)n2c1. The van der Waals surface area contributed by atoms with Crippen molar-refractivity contribution in [1.82, 2.24) is 9.38 Å². The summed E-state index contributed by atoms with van der Waals surface area (Å²) in [5.74, 6) is -0.490. The van der Waals surface area contributed by atoms with Gasteiger partial charge < -0.3 is 15.3 Å². The van der Waals surface area contributed by atoms with Crippen molar-refractivity contribution in [3.8, 4) is 0 Å². The zero-order valence-corrected chi connectivity index (χ0v) is 20.1. The van der Waals surface area contributed by atoms with Crippen LogP contribution in [-0.2, 0) is 0 Å². The monoisotopic (exact) mass is 468 g/mol. The van der Waals surface area contributed by atoms with Crippen molar-refractivity contribution in [2.45, 2.75) is 46.6 Å². The molecule has 1 aliphatic rings. The van der Waals surface area contributed by atoms with Crippen LogP contribution in [0.3, 0.4) is 0 Å². The predicted molar refractivity (Wildman–Crippen MR) is 132 cm³/mol. The van der Waals surface area contributed by atoms with E-state index in [1.165, 1.54) is 4.40 Å². The third-order valence-electron chi connectivity index (χ3n) is 6.43. The fourth-order valence-corrected chi connectivity index (χ4v) is 4.59. The highest BCUT2D eigenvalue weighted by molar-refractivity contribution is 6.32. The Bertz CT molecular complexity index is 1270. The van der Waals surface area contributed by atoms with Crippen LogP contribution < -0.4 is 15.8 Å². The van der Waals surface area contributed by atoms with Gasteiger partial charge in [0, 0.05) is 30.5 Å². The number of aromatic carboxylic acids is 1. The number of para-hydroxylation sites is 1. The Kier molecular flexibility index (Phi) is 6.10. The first-order chi connectivity index (χ1) is 15.6. The topological polar surface area (TPSA) is 86.9 Å². The van der Waals surface area contributed by atoms with Gasteiger partial charge in [0.2, 0.25) is 0 Å². The lowest BCUT2D eigenvalue weighted by molar-refractivity contribution is 0.0698. The molecule has 8 heteroatoms. The molecule has 4 rings (SSSR count). The maximum Gasteiger partial charge on any atom is 0.337 e. The number of nitrogens with one attached hydrogen (secondary N) is 1. The Morgan fingerprint density at radius 1 is 1.24 bits per heavy atom. The fourth-order valence-electron chi connectivity index (χ4n) is 4.33. The van der Waals surface area contributed by atoms with Gasteiger partial charge in [0.1, 0.15) is 10.7 Å². The van der Waals surface area contributed by atoms with Gasteiger partial charge >= 0.3 is 5.97 Å². The Morgan fingerprint density at radius 2 is 1.91 bits per heavy atom. The molecular formula is C25H29ClN4O3. The normalized spacial score (nSPS) is 16.6. The summed E-state index contributed by atoms with van der Waals surface area (Å²) < 4.78 is 1.49. The largest absolute Gasteiger partial charge is 0.478 e. The van der Waals surface area contributed by atoms with E-state index in [4.69, 9.17) is 16.6 Å². The first kappa shape index (κ1) is 23.1. The van der Waals surface area contributed by atoms with Crippen molar-refractivity contribution in [2.24, 2.45) is 5.41 Å². The van der Waals surface area contributed by atoms with Crippen LogP contribution >= 0.6 is 11.6 Å². The number of pyridine rings is 1. The van der Waals surface area contributed by atoms with E-state index in [2.05, 4.69) is 24.1 Å². The number of halogens is 1. The van der Waals surface area contributed by atoms with E-state index in [1.807, 2.05) is 19.9 Å². The highest BCUT2D eigenvalue weighted by Gasteiger charge is 2.28. The van der Waals surface area contributed by atoms with Gasteiger partial charge in [0.25, 0.3) is 5.56 Å². The van der Waals surface area contributed by atoms with E-state index < -0.39 is 5.97 Å². The second-order valence-electron chi connectivity index (χ2n) is 9.59. The maximum atomic E-state index is 13.2. The second kappa shape index (κ2) is 8.71. The summed E-state index contributed by atoms with van der Waals surface area (Å²) in [5, 5.41) is 12.9. The summed E-state index contributed by atoms with van der Waals surface area (Å²) in [6.45, 7) is 9.90. The Labute approximate surface area is 198 Å². The molecule has 0 radical (unpaired) electrons. The zero-order valence-electron chi connectivity index (χ0n) is 19.4. The number of benzene rings is 1. The van der Waals surface area contributed by atoms with Crippen molar-refractivity contribution in [3.63, 3.8) is 0 Å². The molecule has 33 heavy (non-hydrogen) atoms. The number of carbonyl (C=O) groups is 1. The van der Waals surface area contributed by atoms with Crippen LogP contribution in [0.5, 0.6) is 0 Å². The van der Waals surface area contributed by atoms with E-state index in [-0.39, 0.29) is 27.6 Å². The van der Waals surface area contributed by atoms with Crippen molar-refractivity contribution in [2.75, 3.05) is 23.3 Å². The van der Waals surface area contributed by atoms with Crippen LogP contribution in [-0.4, -0.2) is 33.6 Å². The first-order valence-electron chi connectivity index (χ1n) is 11.1. The number of anilines is 2. The molecule has 0 aliphatic carbocycles. The van der Waals surface area contributed by atoms with Crippen LogP contribution in [0.15, 0.2) is 41.3 Å². The molecule has 0 unspecified atom stereocenters. The lowest BCUT2D eigenvalue weighted by Gasteiger charge is -2.37. The second-order valence-corrected chi connectivity index (χ2v) is 9.97. The number of rotatable bonds is 5. The molecule has 1 aliphatic heterocycles. The Balaban J connectivity index is 1.80. The molecule has 2 aromatic heterocycles. The molecular weight excluding hydrogens is 440 g/mol. The lowest BCUT2D eigenvalue weighted by Crippen LogP contribution is -2.39. The van der Waals surface area contributed by atoms with Crippen molar-refractivity contribution in [3.05, 3.63) is 68.6 Å². The quantitative estimate of drug-likeness (QED) is 0.538. The molecule has 0 bridgehead atoms. The smallest absolute Gasteiger partial charge is 0.337 e. The molecule has 0 amide bonds. The molecule has 0 saturated carbocycles. The number of carboxylic acid groups (broad SMARTS) is 1. The van der Waals surface area contributed by atoms with Crippen molar-refractivity contribution < 1.29 is 9.90 Å². The maximum absolute atomic E-state index is 13.2. The number of aryl methyl sites for hydroxylation is 1. The van der Waals surface area contributed by atoms with Gasteiger partial charge in [0.15, 0.2) is 5.82 Å². The van der Waals surface area contributed by atoms with Gasteiger partial charge in [-0.25, -0.2) is 9.78 Å². The van der Waals surface area contributed by atoms with E-state index in [1.54, 1.807) is 30.5 Å². The molecule has 1 saturated heterocycles. The average Bonchev–Trinajstić information content (AvgIpc) is 2.76. The van der Waals surface area contributed by atoms with Gasteiger partial charge in [-0.2, -0.15) is 0 Å². The number of hydrogen-bond acceptors (Lipinski definition) is 5. The standard InChI is InChI=1S/C25H29ClN4O3/c1-15-13-18(16(2)27-19-8-6-5-7-17(19)24(32)33)21-28-22(20(26)23(31)30(21)14-15)29-11-9-25(3,4)10-12-29/h5-8,13-14,16,27H,9-12H2,1-4H3,(H,32,33)/t16-/m1/s1. The number of aromatic nitrogens is 2. The van der Waals surface area contributed by atoms with Crippen LogP contribution in [0.1, 0.15) is 61.1 Å². The van der Waals surface area contributed by atoms with Crippen LogP contribution in [0.25, 0.3) is 5.65 Å². The van der Waals surface area contributed by atoms with Crippen LogP contribution in [0.2, 0.25) is 5.02 Å². The third-order valence-corrected chi connectivity index (χ3v) is 6.76. The molecule has 1 aromatic carbocycles. The van der Waals surface area contributed by atoms with Gasteiger partial charge in [-0.05, 0) is 55.9 Å². The summed E-state index contributed by atoms with van der Waals surface area (Å²) in [7, 11) is 0. The predicted octanol–water partition coefficient (Wildman–Crippen LogP) is 5.15. The van der Waals surface area contributed by atoms with Gasteiger partial charge in [0.05, 0.1) is 11.6 Å². The zero-order chi connectivity index (χ0) is 23.9. The minimum atomic E-state index is -1.00. The number of carboxylic acids is 1. The van der Waals surface area contributed by atoms with Crippen molar-refractivity contribution in [1.29, 1.82) is 0 Å². The van der Waals surface area contributed by atoms with E-state index >= 15 is 0 Å². The van der Waals surface area contributed by atoms with Gasteiger partial charge in [-0.1, -0.05) is 37.6 Å². The molecule has 1 atom stereocenters. The van der Waals surface area contributed by atoms with Gasteiger partial charge in [-0.3, -0.25) is 9.20 Å². The summed E-state index contributed by atoms with van der Waals surface area (Å²) >= 11 is 6.53. The minimum Gasteiger partial charge on any atom is -0.478 e. The number of fused-ring (bicyclic) bond motifs is 1. The third kappa shape index (κ3) is 4.55. The Hall–Kier alpha value is -3.06. The lowest BCUT2D eigenvalue weighted by atomic mass is 9.83. The molecule has 2 N–H and O–H groups in total. The van der Waals surface area contributed by atoms with Crippen molar-refractivity contribution >= 4 is 34.7 Å². The number of hydrogen-bond donors (Lipinski definition) is 2. The first-order valence-corrected chi connectivity index (χ1v) is 11.5. The molecule has 174 valence electrons. The highest BCUT2D eigenvalue weighted by Crippen LogP contribution is 2.34. The summed E-state index contributed by atoms with van der Waals surface area (Å²) in [6, 6.07) is 8.44. The summed E-state index contributed by atoms with van der Waals surface area (Å²) in [4.78, 5) is 31.8. The molecule has 3 aromatic rings. The van der Waals surface area contributed by atoms with Gasteiger partial charge in [-0.15, -0.1) is 0 Å². The summed E-state index contributed by atoms with van der Waals surface area (Å²) in [5.41, 5.74) is 2.84. The van der Waals surface area contributed by atoms with Crippen LogP contribution in [0.4, 0.5) is 11.5 Å². The van der Waals surface area contributed by atoms with E-state index in [0.717, 1.165) is 37.1 Å². The summed E-state index contributed by atoms with van der Waals surface area (Å²) in [6.07, 6.45) is 3.73. The van der Waals surface area contributed by atoms with E-state index in [9.17, 15) is 14.7 Å². The number of nitrogens with zero attached hydrogens (tertiary/aromatic N) is 3.